The van der Waals surface area contributed by atoms with Crippen LogP contribution in [0, 0.1) is 5.92 Å². The Kier molecular flexibility index (Phi) is 4.86. The summed E-state index contributed by atoms with van der Waals surface area (Å²) < 4.78 is 19.1. The van der Waals surface area contributed by atoms with Crippen molar-refractivity contribution >= 4 is 11.8 Å². The molecule has 1 aromatic rings. The van der Waals surface area contributed by atoms with E-state index in [0.29, 0.717) is 4.57 Å². The summed E-state index contributed by atoms with van der Waals surface area (Å²) in [4.78, 5) is 26.8. The molecular weight excluding hydrogens is 310 g/mol. The lowest BCUT2D eigenvalue weighted by Gasteiger charge is -2.17. The molecule has 10 heteroatoms. The smallest absolute Gasteiger partial charge is 0.351 e. The Balaban J connectivity index is 2.21. The molecule has 0 amide bonds. The summed E-state index contributed by atoms with van der Waals surface area (Å²) in [5.74, 6) is -1.07. The summed E-state index contributed by atoms with van der Waals surface area (Å²) in [6.45, 7) is 2.87. The van der Waals surface area contributed by atoms with Crippen LogP contribution in [0.1, 0.15) is 21.4 Å². The average Bonchev–Trinajstić information content (AvgIpc) is 2.77. The molecule has 2 rings (SSSR count). The predicted molar refractivity (Wildman–Crippen MR) is 75.6 cm³/mol. The number of carbonyl (C=O) groups is 1. The van der Waals surface area contributed by atoms with Gasteiger partial charge in [-0.3, -0.25) is 20.0 Å². The van der Waals surface area contributed by atoms with Crippen molar-refractivity contribution in [3.05, 3.63) is 22.7 Å². The van der Waals surface area contributed by atoms with Gasteiger partial charge in [-0.2, -0.15) is 4.98 Å². The van der Waals surface area contributed by atoms with Crippen molar-refractivity contribution in [2.75, 3.05) is 12.1 Å². The van der Waals surface area contributed by atoms with Gasteiger partial charge >= 0.3 is 11.7 Å². The maximum Gasteiger partial charge on any atom is 0.351 e. The summed E-state index contributed by atoms with van der Waals surface area (Å²) in [5, 5.41) is 28.8. The fraction of sp³-hybridized carbons (Fsp3) is 0.615. The molecule has 0 bridgehead atoms. The Morgan fingerprint density at radius 3 is 2.83 bits per heavy atom. The van der Waals surface area contributed by atoms with E-state index in [2.05, 4.69) is 4.98 Å². The Bertz CT molecular complexity index is 667. The minimum atomic E-state index is -2.35. The van der Waals surface area contributed by atoms with Crippen LogP contribution in [0.3, 0.4) is 0 Å². The van der Waals surface area contributed by atoms with Gasteiger partial charge in [0.05, 0.1) is 7.29 Å². The Hall–Kier alpha value is -2.01. The SMILES string of the molecule is [2H][C@@]1(n2ccc(NO)nc2=O)O[C@H](COC(=O)C(C)C)[C@@H](O)[C@H]1O. The van der Waals surface area contributed by atoms with Crippen LogP contribution in [0.5, 0.6) is 0 Å². The maximum absolute atomic E-state index is 11.9. The number of ether oxygens (including phenoxy) is 2. The molecule has 10 nitrogen and oxygen atoms in total. The second-order valence-corrected chi connectivity index (χ2v) is 5.29. The topological polar surface area (TPSA) is 143 Å². The van der Waals surface area contributed by atoms with Crippen LogP contribution in [-0.4, -0.2) is 55.9 Å². The largest absolute Gasteiger partial charge is 0.463 e. The Morgan fingerprint density at radius 2 is 2.26 bits per heavy atom. The number of rotatable bonds is 5. The van der Waals surface area contributed by atoms with E-state index in [-0.39, 0.29) is 18.3 Å². The summed E-state index contributed by atoms with van der Waals surface area (Å²) in [7, 11) is 0. The summed E-state index contributed by atoms with van der Waals surface area (Å²) in [6.07, 6.45) is -5.81. The second-order valence-electron chi connectivity index (χ2n) is 5.29. The number of aliphatic hydroxyl groups is 2. The van der Waals surface area contributed by atoms with Gasteiger partial charge in [0.25, 0.3) is 0 Å². The quantitative estimate of drug-likeness (QED) is 0.389. The molecule has 1 fully saturated rings. The van der Waals surface area contributed by atoms with Crippen LogP contribution < -0.4 is 11.2 Å². The molecule has 1 saturated heterocycles. The molecule has 0 aromatic carbocycles. The van der Waals surface area contributed by atoms with E-state index < -0.39 is 36.2 Å². The lowest BCUT2D eigenvalue weighted by molar-refractivity contribution is -0.153. The first-order chi connectivity index (χ1) is 11.2. The van der Waals surface area contributed by atoms with Crippen LogP contribution >= 0.6 is 0 Å². The zero-order chi connectivity index (χ0) is 18.1. The van der Waals surface area contributed by atoms with Crippen molar-refractivity contribution in [1.82, 2.24) is 9.55 Å². The van der Waals surface area contributed by atoms with E-state index in [0.717, 1.165) is 6.20 Å². The first kappa shape index (κ1) is 15.9. The Labute approximate surface area is 132 Å². The van der Waals surface area contributed by atoms with E-state index in [1.807, 2.05) is 0 Å². The van der Waals surface area contributed by atoms with E-state index in [1.165, 1.54) is 6.07 Å². The lowest BCUT2D eigenvalue weighted by Crippen LogP contribution is -2.36. The molecule has 1 aromatic heterocycles. The van der Waals surface area contributed by atoms with E-state index >= 15 is 0 Å². The molecule has 1 aliphatic rings. The predicted octanol–water partition coefficient (Wildman–Crippen LogP) is -1.14. The van der Waals surface area contributed by atoms with Crippen molar-refractivity contribution in [2.45, 2.75) is 38.4 Å². The van der Waals surface area contributed by atoms with E-state index in [9.17, 15) is 19.8 Å². The van der Waals surface area contributed by atoms with Crippen molar-refractivity contribution in [1.29, 1.82) is 0 Å². The molecule has 0 radical (unpaired) electrons. The molecule has 0 spiro atoms. The zero-order valence-electron chi connectivity index (χ0n) is 13.5. The number of nitrogens with zero attached hydrogens (tertiary/aromatic N) is 2. The van der Waals surface area contributed by atoms with Crippen LogP contribution in [-0.2, 0) is 14.3 Å². The fourth-order valence-electron chi connectivity index (χ4n) is 1.94. The number of carbonyl (C=O) groups excluding carboxylic acids is 1. The van der Waals surface area contributed by atoms with Gasteiger partial charge in [-0.1, -0.05) is 13.8 Å². The van der Waals surface area contributed by atoms with Crippen LogP contribution in [0.2, 0.25) is 0 Å². The highest BCUT2D eigenvalue weighted by atomic mass is 16.6. The number of nitrogens with one attached hydrogen (secondary N) is 1. The van der Waals surface area contributed by atoms with Crippen LogP contribution in [0.15, 0.2) is 17.1 Å². The molecule has 128 valence electrons. The summed E-state index contributed by atoms with van der Waals surface area (Å²) in [6, 6.07) is 1.17. The zero-order valence-corrected chi connectivity index (χ0v) is 12.5. The average molecular weight is 330 g/mol. The summed E-state index contributed by atoms with van der Waals surface area (Å²) >= 11 is 0. The van der Waals surface area contributed by atoms with Gasteiger partial charge in [-0.15, -0.1) is 0 Å². The molecule has 23 heavy (non-hydrogen) atoms. The highest BCUT2D eigenvalue weighted by Gasteiger charge is 2.44. The van der Waals surface area contributed by atoms with Crippen molar-refractivity contribution < 1.29 is 31.1 Å². The lowest BCUT2D eigenvalue weighted by atomic mass is 10.1. The first-order valence-electron chi connectivity index (χ1n) is 7.41. The monoisotopic (exact) mass is 330 g/mol. The molecule has 4 atom stereocenters. The number of esters is 1. The normalized spacial score (nSPS) is 31.0. The van der Waals surface area contributed by atoms with Crippen LogP contribution in [0.4, 0.5) is 5.82 Å². The van der Waals surface area contributed by atoms with Gasteiger partial charge in [0.2, 0.25) is 0 Å². The van der Waals surface area contributed by atoms with E-state index in [1.54, 1.807) is 19.3 Å². The van der Waals surface area contributed by atoms with E-state index in [4.69, 9.17) is 16.1 Å². The minimum Gasteiger partial charge on any atom is -0.463 e. The number of hydrogen-bond donors (Lipinski definition) is 4. The molecule has 4 N–H and O–H groups in total. The van der Waals surface area contributed by atoms with Crippen molar-refractivity contribution in [3.63, 3.8) is 0 Å². The minimum absolute atomic E-state index is 0.157. The third kappa shape index (κ3) is 3.67. The maximum atomic E-state index is 11.9. The van der Waals surface area contributed by atoms with Crippen LogP contribution in [0.25, 0.3) is 0 Å². The number of aromatic nitrogens is 2. The molecule has 1 aliphatic heterocycles. The first-order valence-corrected chi connectivity index (χ1v) is 6.91. The van der Waals surface area contributed by atoms with Crippen molar-refractivity contribution in [3.8, 4) is 0 Å². The molecular formula is C13H19N3O7. The van der Waals surface area contributed by atoms with Gasteiger partial charge in [-0.25, -0.2) is 4.79 Å². The molecule has 0 aliphatic carbocycles. The molecule has 2 heterocycles. The highest BCUT2D eigenvalue weighted by molar-refractivity contribution is 5.71. The summed E-state index contributed by atoms with van der Waals surface area (Å²) in [5.41, 5.74) is 0.684. The van der Waals surface area contributed by atoms with Gasteiger partial charge in [0.15, 0.2) is 12.0 Å². The van der Waals surface area contributed by atoms with Gasteiger partial charge in [0, 0.05) is 6.20 Å². The van der Waals surface area contributed by atoms with Gasteiger partial charge < -0.3 is 19.7 Å². The Morgan fingerprint density at radius 1 is 1.57 bits per heavy atom. The third-order valence-electron chi connectivity index (χ3n) is 3.25. The number of anilines is 1. The molecule has 0 saturated carbocycles. The number of aliphatic hydroxyl groups excluding tert-OH is 2. The third-order valence-corrected chi connectivity index (χ3v) is 3.25. The van der Waals surface area contributed by atoms with Gasteiger partial charge in [-0.05, 0) is 6.07 Å². The molecule has 0 unspecified atom stereocenters. The van der Waals surface area contributed by atoms with Crippen molar-refractivity contribution in [2.24, 2.45) is 5.92 Å². The van der Waals surface area contributed by atoms with Gasteiger partial charge in [0.1, 0.15) is 24.9 Å². The highest BCUT2D eigenvalue weighted by Crippen LogP contribution is 2.28. The standard InChI is InChI=1S/C13H19N3O7/c1-6(2)12(19)22-5-7-9(17)10(18)11(23-7)16-4-3-8(15-21)14-13(16)20/h3-4,6-7,9-11,17-18,21H,5H2,1-2H3,(H,14,15,20)/t7-,9-,10-,11-/m1/s1/i11D. The fourth-order valence-corrected chi connectivity index (χ4v) is 1.94. The second kappa shape index (κ2) is 7.04. The number of hydrogen-bond acceptors (Lipinski definition) is 9.